The van der Waals surface area contributed by atoms with E-state index >= 15 is 0 Å². The lowest BCUT2D eigenvalue weighted by Gasteiger charge is -2.20. The zero-order valence-corrected chi connectivity index (χ0v) is 20.4. The van der Waals surface area contributed by atoms with Crippen molar-refractivity contribution >= 4 is 48.8 Å². The summed E-state index contributed by atoms with van der Waals surface area (Å²) < 4.78 is 44.9. The van der Waals surface area contributed by atoms with Gasteiger partial charge in [-0.3, -0.25) is 4.79 Å². The van der Waals surface area contributed by atoms with E-state index in [1.807, 2.05) is 0 Å². The maximum atomic E-state index is 12.1. The lowest BCUT2D eigenvalue weighted by molar-refractivity contribution is -0.119. The summed E-state index contributed by atoms with van der Waals surface area (Å²) in [6.45, 7) is 5.30. The smallest absolute Gasteiger partial charge is 0.238 e. The maximum Gasteiger partial charge on any atom is 0.238 e. The number of sulfone groups is 2. The van der Waals surface area contributed by atoms with Crippen LogP contribution in [0.25, 0.3) is 0 Å². The van der Waals surface area contributed by atoms with Gasteiger partial charge in [-0.25, -0.2) is 16.8 Å². The maximum absolute atomic E-state index is 12.1. The third kappa shape index (κ3) is 5.77. The number of amides is 1. The molecule has 31 heavy (non-hydrogen) atoms. The lowest BCUT2D eigenvalue weighted by atomic mass is 10.2. The molecule has 0 atom stereocenters. The molecule has 2 aromatic rings. The predicted octanol–water partition coefficient (Wildman–Crippen LogP) is 3.79. The van der Waals surface area contributed by atoms with E-state index in [1.165, 1.54) is 76.2 Å². The summed E-state index contributed by atoms with van der Waals surface area (Å²) in [6.07, 6.45) is 0. The Morgan fingerprint density at radius 1 is 0.806 bits per heavy atom. The molecular formula is C20H22Cl2N2O5S2. The standard InChI is InChI=1S/C10H12ClNO3S.C10H10ClNO2S/c1-10(2,9(12)13)16(14,15)8-5-3-7(11)4-6-8;1-10(2,7-12)15(13,14)9-5-3-8(11)4-6-9/h3-6H,1-2H3,(H2,12,13);3-6H,1-2H3. The van der Waals surface area contributed by atoms with Crippen LogP contribution in [0.4, 0.5) is 0 Å². The van der Waals surface area contributed by atoms with Gasteiger partial charge >= 0.3 is 0 Å². The summed E-state index contributed by atoms with van der Waals surface area (Å²) in [7, 11) is -7.41. The normalized spacial score (nSPS) is 12.3. The number of nitrogens with zero attached hydrogens (tertiary/aromatic N) is 1. The minimum atomic E-state index is -3.79. The molecule has 1 amide bonds. The van der Waals surface area contributed by atoms with Gasteiger partial charge in [0.05, 0.1) is 15.9 Å². The summed E-state index contributed by atoms with van der Waals surface area (Å²) in [5.41, 5.74) is 5.08. The topological polar surface area (TPSA) is 135 Å². The SMILES string of the molecule is CC(C)(C#N)S(=O)(=O)c1ccc(Cl)cc1.CC(C)(C(N)=O)S(=O)(=O)c1ccc(Cl)cc1. The number of nitrogens with two attached hydrogens (primary N) is 1. The monoisotopic (exact) mass is 504 g/mol. The van der Waals surface area contributed by atoms with Gasteiger partial charge in [0, 0.05) is 10.0 Å². The van der Waals surface area contributed by atoms with Crippen LogP contribution in [-0.2, 0) is 24.5 Å². The summed E-state index contributed by atoms with van der Waals surface area (Å²) in [4.78, 5) is 11.3. The molecule has 0 aliphatic rings. The second-order valence-corrected chi connectivity index (χ2v) is 13.3. The van der Waals surface area contributed by atoms with Crippen molar-refractivity contribution in [3.8, 4) is 6.07 Å². The van der Waals surface area contributed by atoms with Gasteiger partial charge in [-0.15, -0.1) is 0 Å². The molecule has 0 aromatic heterocycles. The fourth-order valence-corrected chi connectivity index (χ4v) is 4.81. The number of benzene rings is 2. The molecule has 0 radical (unpaired) electrons. The fourth-order valence-electron chi connectivity index (χ4n) is 2.01. The van der Waals surface area contributed by atoms with Gasteiger partial charge in [0.15, 0.2) is 24.4 Å². The highest BCUT2D eigenvalue weighted by atomic mass is 35.5. The average Bonchev–Trinajstić information content (AvgIpc) is 2.68. The largest absolute Gasteiger partial charge is 0.368 e. The Hall–Kier alpha value is -2.12. The highest BCUT2D eigenvalue weighted by Crippen LogP contribution is 2.26. The number of rotatable bonds is 5. The second-order valence-electron chi connectivity index (χ2n) is 7.41. The van der Waals surface area contributed by atoms with Gasteiger partial charge in [0.2, 0.25) is 5.91 Å². The number of carbonyl (C=O) groups is 1. The van der Waals surface area contributed by atoms with Gasteiger partial charge in [0.25, 0.3) is 0 Å². The molecule has 0 saturated heterocycles. The van der Waals surface area contributed by atoms with Gasteiger partial charge < -0.3 is 5.73 Å². The number of carbonyl (C=O) groups excluding carboxylic acids is 1. The summed E-state index contributed by atoms with van der Waals surface area (Å²) in [5, 5.41) is 9.68. The lowest BCUT2D eigenvalue weighted by Crippen LogP contribution is -2.45. The minimum Gasteiger partial charge on any atom is -0.368 e. The molecule has 2 N–H and O–H groups in total. The Labute approximate surface area is 192 Å². The van der Waals surface area contributed by atoms with Crippen molar-refractivity contribution in [3.05, 3.63) is 58.6 Å². The van der Waals surface area contributed by atoms with E-state index in [0.717, 1.165) is 0 Å². The summed E-state index contributed by atoms with van der Waals surface area (Å²) >= 11 is 11.3. The second kappa shape index (κ2) is 9.57. The predicted molar refractivity (Wildman–Crippen MR) is 120 cm³/mol. The Bertz CT molecular complexity index is 1200. The minimum absolute atomic E-state index is 0.0284. The van der Waals surface area contributed by atoms with Crippen LogP contribution in [-0.4, -0.2) is 32.2 Å². The highest BCUT2D eigenvalue weighted by Gasteiger charge is 2.41. The zero-order valence-electron chi connectivity index (χ0n) is 17.3. The highest BCUT2D eigenvalue weighted by molar-refractivity contribution is 7.93. The number of hydrogen-bond donors (Lipinski definition) is 1. The Morgan fingerprint density at radius 2 is 1.13 bits per heavy atom. The van der Waals surface area contributed by atoms with Crippen LogP contribution in [0.1, 0.15) is 27.7 Å². The quantitative estimate of drug-likeness (QED) is 0.657. The van der Waals surface area contributed by atoms with Crippen LogP contribution < -0.4 is 5.73 Å². The third-order valence-corrected chi connectivity index (χ3v) is 9.72. The first kappa shape index (κ1) is 26.9. The third-order valence-electron chi connectivity index (χ3n) is 4.45. The van der Waals surface area contributed by atoms with E-state index in [1.54, 1.807) is 6.07 Å². The molecule has 7 nitrogen and oxygen atoms in total. The number of primary amides is 1. The van der Waals surface area contributed by atoms with Crippen LogP contribution in [0.2, 0.25) is 10.0 Å². The first-order valence-corrected chi connectivity index (χ1v) is 12.4. The molecule has 0 saturated carbocycles. The number of nitriles is 1. The molecule has 11 heteroatoms. The van der Waals surface area contributed by atoms with E-state index in [4.69, 9.17) is 34.2 Å². The molecule has 2 aromatic carbocycles. The first-order chi connectivity index (χ1) is 14.0. The molecule has 0 aliphatic carbocycles. The van der Waals surface area contributed by atoms with Crippen molar-refractivity contribution in [1.82, 2.24) is 0 Å². The van der Waals surface area contributed by atoms with Crippen LogP contribution >= 0.6 is 23.2 Å². The number of hydrogen-bond acceptors (Lipinski definition) is 6. The summed E-state index contributed by atoms with van der Waals surface area (Å²) in [6, 6.07) is 13.1. The van der Waals surface area contributed by atoms with Crippen LogP contribution in [0, 0.1) is 11.3 Å². The van der Waals surface area contributed by atoms with Crippen molar-refractivity contribution in [2.75, 3.05) is 0 Å². The van der Waals surface area contributed by atoms with Gasteiger partial charge in [-0.05, 0) is 76.2 Å². The summed E-state index contributed by atoms with van der Waals surface area (Å²) in [5.74, 6) is -0.887. The van der Waals surface area contributed by atoms with Gasteiger partial charge in [0.1, 0.15) is 4.75 Å². The molecule has 0 fully saturated rings. The van der Waals surface area contributed by atoms with Crippen molar-refractivity contribution in [2.45, 2.75) is 47.0 Å². The van der Waals surface area contributed by atoms with E-state index in [9.17, 15) is 21.6 Å². The Morgan fingerprint density at radius 3 is 1.42 bits per heavy atom. The molecule has 0 aliphatic heterocycles. The molecule has 0 bridgehead atoms. The van der Waals surface area contributed by atoms with Crippen molar-refractivity contribution in [2.24, 2.45) is 5.73 Å². The fraction of sp³-hybridized carbons (Fsp3) is 0.300. The molecule has 0 unspecified atom stereocenters. The van der Waals surface area contributed by atoms with Crippen molar-refractivity contribution in [1.29, 1.82) is 5.26 Å². The van der Waals surface area contributed by atoms with E-state index < -0.39 is 35.1 Å². The molecule has 2 rings (SSSR count). The van der Waals surface area contributed by atoms with Gasteiger partial charge in [-0.1, -0.05) is 23.2 Å². The zero-order chi connectivity index (χ0) is 24.3. The molecule has 168 valence electrons. The Kier molecular flexibility index (Phi) is 8.31. The van der Waals surface area contributed by atoms with Gasteiger partial charge in [-0.2, -0.15) is 5.26 Å². The molecular weight excluding hydrogens is 483 g/mol. The Balaban J connectivity index is 0.000000311. The average molecular weight is 505 g/mol. The first-order valence-electron chi connectivity index (χ1n) is 8.72. The van der Waals surface area contributed by atoms with Crippen molar-refractivity contribution in [3.63, 3.8) is 0 Å². The van der Waals surface area contributed by atoms with Crippen molar-refractivity contribution < 1.29 is 21.6 Å². The number of halogens is 2. The van der Waals surface area contributed by atoms with E-state index in [-0.39, 0.29) is 9.79 Å². The van der Waals surface area contributed by atoms with E-state index in [2.05, 4.69) is 0 Å². The van der Waals surface area contributed by atoms with Crippen LogP contribution in [0.3, 0.4) is 0 Å². The van der Waals surface area contributed by atoms with E-state index in [0.29, 0.717) is 10.0 Å². The van der Waals surface area contributed by atoms with Crippen LogP contribution in [0.15, 0.2) is 58.3 Å². The van der Waals surface area contributed by atoms with Crippen LogP contribution in [0.5, 0.6) is 0 Å². The molecule has 0 heterocycles. The molecule has 0 spiro atoms.